The van der Waals surface area contributed by atoms with Gasteiger partial charge in [0.2, 0.25) is 0 Å². The van der Waals surface area contributed by atoms with Crippen LogP contribution in [0.5, 0.6) is 0 Å². The van der Waals surface area contributed by atoms with Crippen molar-refractivity contribution in [1.82, 2.24) is 0 Å². The molecule has 0 unspecified atom stereocenters. The van der Waals surface area contributed by atoms with Crippen molar-refractivity contribution >= 4 is 7.60 Å². The zero-order chi connectivity index (χ0) is 13.6. The molecule has 1 aromatic rings. The molecule has 0 saturated carbocycles. The lowest BCUT2D eigenvalue weighted by atomic mass is 10.1. The van der Waals surface area contributed by atoms with Gasteiger partial charge in [0.15, 0.2) is 5.85 Å². The van der Waals surface area contributed by atoms with E-state index in [1.807, 2.05) is 0 Å². The standard InChI is InChI=1S/C12H19O5P/c1-3-16-18(15,17-4-2)12(14)11(13)10-8-6-5-7-9-10/h5-9,11-14H,3-4H2,1-2H3/t11-,12+/m1/s1. The van der Waals surface area contributed by atoms with Crippen molar-refractivity contribution in [1.29, 1.82) is 0 Å². The molecule has 6 heteroatoms. The van der Waals surface area contributed by atoms with Crippen LogP contribution < -0.4 is 0 Å². The molecule has 0 heterocycles. The largest absolute Gasteiger partial charge is 0.385 e. The molecule has 2 N–H and O–H groups in total. The van der Waals surface area contributed by atoms with Crippen molar-refractivity contribution in [3.05, 3.63) is 35.9 Å². The van der Waals surface area contributed by atoms with Gasteiger partial charge in [-0.1, -0.05) is 30.3 Å². The molecule has 1 rings (SSSR count). The zero-order valence-electron chi connectivity index (χ0n) is 10.5. The summed E-state index contributed by atoms with van der Waals surface area (Å²) in [6, 6.07) is 8.49. The van der Waals surface area contributed by atoms with Crippen molar-refractivity contribution in [2.45, 2.75) is 25.8 Å². The first kappa shape index (κ1) is 15.3. The normalized spacial score (nSPS) is 15.3. The molecule has 0 aliphatic carbocycles. The topological polar surface area (TPSA) is 76.0 Å². The van der Waals surface area contributed by atoms with Crippen molar-refractivity contribution in [3.63, 3.8) is 0 Å². The molecule has 0 fully saturated rings. The van der Waals surface area contributed by atoms with E-state index in [1.54, 1.807) is 44.2 Å². The van der Waals surface area contributed by atoms with E-state index in [0.29, 0.717) is 5.56 Å². The second-order valence-electron chi connectivity index (χ2n) is 3.64. The Morgan fingerprint density at radius 2 is 1.61 bits per heavy atom. The maximum atomic E-state index is 12.3. The van der Waals surface area contributed by atoms with Crippen molar-refractivity contribution in [3.8, 4) is 0 Å². The third-order valence-corrected chi connectivity index (χ3v) is 4.53. The van der Waals surface area contributed by atoms with Gasteiger partial charge in [0.25, 0.3) is 0 Å². The summed E-state index contributed by atoms with van der Waals surface area (Å²) in [5.41, 5.74) is 0.463. The second kappa shape index (κ2) is 7.02. The van der Waals surface area contributed by atoms with Gasteiger partial charge in [0.1, 0.15) is 6.10 Å². The van der Waals surface area contributed by atoms with E-state index in [-0.39, 0.29) is 13.2 Å². The molecule has 0 radical (unpaired) electrons. The molecule has 0 aromatic heterocycles. The third kappa shape index (κ3) is 3.64. The zero-order valence-corrected chi connectivity index (χ0v) is 11.4. The molecule has 1 aromatic carbocycles. The fourth-order valence-electron chi connectivity index (χ4n) is 1.55. The van der Waals surface area contributed by atoms with Gasteiger partial charge >= 0.3 is 7.60 Å². The number of aliphatic hydroxyl groups is 2. The number of aliphatic hydroxyl groups excluding tert-OH is 2. The van der Waals surface area contributed by atoms with Gasteiger partial charge in [-0.05, 0) is 19.4 Å². The first-order chi connectivity index (χ1) is 8.55. The summed E-state index contributed by atoms with van der Waals surface area (Å²) in [4.78, 5) is 0. The Hall–Kier alpha value is -0.710. The number of benzene rings is 1. The predicted octanol–water partition coefficient (Wildman–Crippen LogP) is 2.30. The fraction of sp³-hybridized carbons (Fsp3) is 0.500. The summed E-state index contributed by atoms with van der Waals surface area (Å²) in [6.07, 6.45) is -1.31. The van der Waals surface area contributed by atoms with Crippen LogP contribution >= 0.6 is 7.60 Å². The summed E-state index contributed by atoms with van der Waals surface area (Å²) in [7, 11) is -3.73. The average molecular weight is 274 g/mol. The van der Waals surface area contributed by atoms with Crippen LogP contribution in [0.4, 0.5) is 0 Å². The minimum absolute atomic E-state index is 0.135. The molecule has 5 nitrogen and oxygen atoms in total. The molecule has 0 bridgehead atoms. The summed E-state index contributed by atoms with van der Waals surface area (Å²) in [5.74, 6) is -1.60. The van der Waals surface area contributed by atoms with Gasteiger partial charge in [0.05, 0.1) is 13.2 Å². The van der Waals surface area contributed by atoms with Gasteiger partial charge in [-0.2, -0.15) is 0 Å². The highest BCUT2D eigenvalue weighted by Gasteiger charge is 2.39. The molecule has 0 amide bonds. The highest BCUT2D eigenvalue weighted by Crippen LogP contribution is 2.55. The average Bonchev–Trinajstić information content (AvgIpc) is 2.38. The van der Waals surface area contributed by atoms with Crippen molar-refractivity contribution in [2.75, 3.05) is 13.2 Å². The van der Waals surface area contributed by atoms with E-state index >= 15 is 0 Å². The van der Waals surface area contributed by atoms with Gasteiger partial charge in [-0.15, -0.1) is 0 Å². The minimum Gasteiger partial charge on any atom is -0.385 e. The lowest BCUT2D eigenvalue weighted by Gasteiger charge is -2.25. The Morgan fingerprint density at radius 1 is 1.11 bits per heavy atom. The molecule has 0 aliphatic heterocycles. The lowest BCUT2D eigenvalue weighted by Crippen LogP contribution is -2.21. The van der Waals surface area contributed by atoms with Crippen LogP contribution in [-0.2, 0) is 13.6 Å². The van der Waals surface area contributed by atoms with E-state index in [4.69, 9.17) is 9.05 Å². The van der Waals surface area contributed by atoms with Crippen LogP contribution in [0, 0.1) is 0 Å². The predicted molar refractivity (Wildman–Crippen MR) is 68.3 cm³/mol. The summed E-state index contributed by atoms with van der Waals surface area (Å²) < 4.78 is 22.3. The van der Waals surface area contributed by atoms with E-state index in [2.05, 4.69) is 0 Å². The maximum Gasteiger partial charge on any atom is 0.361 e. The van der Waals surface area contributed by atoms with Crippen LogP contribution in [0.25, 0.3) is 0 Å². The molecular formula is C12H19O5P. The highest BCUT2D eigenvalue weighted by atomic mass is 31.2. The number of rotatable bonds is 7. The SMILES string of the molecule is CCOP(=O)(OCC)[C@H](O)[C@H](O)c1ccccc1. The second-order valence-corrected chi connectivity index (χ2v) is 5.77. The molecule has 0 aliphatic rings. The van der Waals surface area contributed by atoms with Gasteiger partial charge in [-0.25, -0.2) is 0 Å². The Bertz CT molecular complexity index is 385. The van der Waals surface area contributed by atoms with Crippen LogP contribution in [0.2, 0.25) is 0 Å². The molecule has 2 atom stereocenters. The van der Waals surface area contributed by atoms with E-state index < -0.39 is 19.5 Å². The maximum absolute atomic E-state index is 12.3. The first-order valence-corrected chi connectivity index (χ1v) is 7.46. The van der Waals surface area contributed by atoms with Gasteiger partial charge in [-0.3, -0.25) is 4.57 Å². The molecule has 18 heavy (non-hydrogen) atoms. The Balaban J connectivity index is 2.89. The van der Waals surface area contributed by atoms with Crippen molar-refractivity contribution in [2.24, 2.45) is 0 Å². The monoisotopic (exact) mass is 274 g/mol. The molecular weight excluding hydrogens is 255 g/mol. The van der Waals surface area contributed by atoms with Gasteiger partial charge < -0.3 is 19.3 Å². The number of hydrogen-bond donors (Lipinski definition) is 2. The molecule has 102 valence electrons. The summed E-state index contributed by atoms with van der Waals surface area (Å²) in [5, 5.41) is 20.0. The van der Waals surface area contributed by atoms with E-state index in [1.165, 1.54) is 0 Å². The molecule has 0 saturated heterocycles. The summed E-state index contributed by atoms with van der Waals surface area (Å²) >= 11 is 0. The highest BCUT2D eigenvalue weighted by molar-refractivity contribution is 7.54. The molecule has 0 spiro atoms. The van der Waals surface area contributed by atoms with Crippen LogP contribution in [0.3, 0.4) is 0 Å². The van der Waals surface area contributed by atoms with Crippen LogP contribution in [0.15, 0.2) is 30.3 Å². The van der Waals surface area contributed by atoms with Crippen molar-refractivity contribution < 1.29 is 23.8 Å². The Labute approximate surface area is 107 Å². The van der Waals surface area contributed by atoms with E-state index in [9.17, 15) is 14.8 Å². The summed E-state index contributed by atoms with van der Waals surface area (Å²) in [6.45, 7) is 3.56. The smallest absolute Gasteiger partial charge is 0.361 e. The number of hydrogen-bond acceptors (Lipinski definition) is 5. The van der Waals surface area contributed by atoms with E-state index in [0.717, 1.165) is 0 Å². The first-order valence-electron chi connectivity index (χ1n) is 5.85. The van der Waals surface area contributed by atoms with Crippen LogP contribution in [-0.4, -0.2) is 29.3 Å². The fourth-order valence-corrected chi connectivity index (χ4v) is 3.16. The van der Waals surface area contributed by atoms with Gasteiger partial charge in [0, 0.05) is 0 Å². The minimum atomic E-state index is -3.73. The quantitative estimate of drug-likeness (QED) is 0.746. The van der Waals surface area contributed by atoms with Crippen LogP contribution in [0.1, 0.15) is 25.5 Å². The third-order valence-electron chi connectivity index (χ3n) is 2.37. The Morgan fingerprint density at radius 3 is 2.06 bits per heavy atom. The Kier molecular flexibility index (Phi) is 5.99. The lowest BCUT2D eigenvalue weighted by molar-refractivity contribution is 0.0401.